The van der Waals surface area contributed by atoms with Gasteiger partial charge in [-0.2, -0.15) is 0 Å². The van der Waals surface area contributed by atoms with Crippen LogP contribution in [-0.4, -0.2) is 61.8 Å². The highest BCUT2D eigenvalue weighted by Gasteiger charge is 2.37. The molecule has 0 saturated carbocycles. The standard InChI is InChI=1S/C13H23ClN2O3S/c14-11-9-20(18,19)10-12(11)15-13(17)8-16-6-4-2-1-3-5-7-16/h11-12H,1-10H2,(H,15,17)/t11-,12-/m1/s1. The van der Waals surface area contributed by atoms with Gasteiger partial charge in [-0.25, -0.2) is 8.42 Å². The van der Waals surface area contributed by atoms with E-state index in [1.54, 1.807) is 0 Å². The van der Waals surface area contributed by atoms with E-state index in [4.69, 9.17) is 11.6 Å². The zero-order valence-corrected chi connectivity index (χ0v) is 13.3. The third-order valence-electron chi connectivity index (χ3n) is 3.95. The van der Waals surface area contributed by atoms with Crippen LogP contribution in [0.25, 0.3) is 0 Å². The van der Waals surface area contributed by atoms with Crippen LogP contribution in [0, 0.1) is 0 Å². The molecular weight excluding hydrogens is 300 g/mol. The summed E-state index contributed by atoms with van der Waals surface area (Å²) in [6, 6.07) is -0.441. The van der Waals surface area contributed by atoms with Crippen LogP contribution in [0.3, 0.4) is 0 Å². The molecule has 7 heteroatoms. The van der Waals surface area contributed by atoms with E-state index in [-0.39, 0.29) is 17.4 Å². The third kappa shape index (κ3) is 4.90. The van der Waals surface area contributed by atoms with Gasteiger partial charge < -0.3 is 5.32 Å². The summed E-state index contributed by atoms with van der Waals surface area (Å²) in [6.45, 7) is 2.24. The topological polar surface area (TPSA) is 66.5 Å². The zero-order valence-electron chi connectivity index (χ0n) is 11.7. The van der Waals surface area contributed by atoms with Gasteiger partial charge in [-0.1, -0.05) is 19.3 Å². The minimum Gasteiger partial charge on any atom is -0.350 e. The van der Waals surface area contributed by atoms with E-state index in [2.05, 4.69) is 10.2 Å². The van der Waals surface area contributed by atoms with Crippen molar-refractivity contribution < 1.29 is 13.2 Å². The van der Waals surface area contributed by atoms with Gasteiger partial charge in [0.25, 0.3) is 0 Å². The van der Waals surface area contributed by atoms with Crippen molar-refractivity contribution in [1.29, 1.82) is 0 Å². The van der Waals surface area contributed by atoms with Crippen LogP contribution in [0.1, 0.15) is 32.1 Å². The van der Waals surface area contributed by atoms with Gasteiger partial charge in [-0.05, 0) is 25.9 Å². The summed E-state index contributed by atoms with van der Waals surface area (Å²) in [5.74, 6) is -0.186. The smallest absolute Gasteiger partial charge is 0.234 e. The van der Waals surface area contributed by atoms with E-state index < -0.39 is 21.3 Å². The van der Waals surface area contributed by atoms with Gasteiger partial charge in [0, 0.05) is 0 Å². The summed E-state index contributed by atoms with van der Waals surface area (Å²) in [5, 5.41) is 2.27. The highest BCUT2D eigenvalue weighted by atomic mass is 35.5. The van der Waals surface area contributed by atoms with Crippen molar-refractivity contribution in [3.8, 4) is 0 Å². The van der Waals surface area contributed by atoms with E-state index >= 15 is 0 Å². The molecule has 116 valence electrons. The number of carbonyl (C=O) groups excluding carboxylic acids is 1. The van der Waals surface area contributed by atoms with Crippen LogP contribution < -0.4 is 5.32 Å². The Hall–Kier alpha value is -0.330. The average molecular weight is 323 g/mol. The number of hydrogen-bond donors (Lipinski definition) is 1. The van der Waals surface area contributed by atoms with Gasteiger partial charge in [0.05, 0.1) is 29.5 Å². The monoisotopic (exact) mass is 322 g/mol. The third-order valence-corrected chi connectivity index (χ3v) is 6.32. The van der Waals surface area contributed by atoms with Crippen molar-refractivity contribution in [3.05, 3.63) is 0 Å². The summed E-state index contributed by atoms with van der Waals surface area (Å²) < 4.78 is 22.9. The molecule has 2 aliphatic rings. The van der Waals surface area contributed by atoms with E-state index in [0.717, 1.165) is 25.9 Å². The summed E-state index contributed by atoms with van der Waals surface area (Å²) in [6.07, 6.45) is 5.99. The van der Waals surface area contributed by atoms with Gasteiger partial charge in [0.2, 0.25) is 5.91 Å². The van der Waals surface area contributed by atoms with Crippen LogP contribution in [0.15, 0.2) is 0 Å². The number of sulfone groups is 1. The molecule has 20 heavy (non-hydrogen) atoms. The van der Waals surface area contributed by atoms with Gasteiger partial charge >= 0.3 is 0 Å². The lowest BCUT2D eigenvalue weighted by molar-refractivity contribution is -0.122. The average Bonchev–Trinajstić information content (AvgIpc) is 2.55. The van der Waals surface area contributed by atoms with Crippen LogP contribution in [0.2, 0.25) is 0 Å². The fourth-order valence-corrected chi connectivity index (χ4v) is 5.41. The number of likely N-dealkylation sites (tertiary alicyclic amines) is 1. The Morgan fingerprint density at radius 1 is 1.10 bits per heavy atom. The van der Waals surface area contributed by atoms with Gasteiger partial charge in [0.1, 0.15) is 0 Å². The Morgan fingerprint density at radius 2 is 1.70 bits per heavy atom. The van der Waals surface area contributed by atoms with Crippen LogP contribution in [0.4, 0.5) is 0 Å². The molecule has 5 nitrogen and oxygen atoms in total. The summed E-state index contributed by atoms with van der Waals surface area (Å²) >= 11 is 5.99. The quantitative estimate of drug-likeness (QED) is 0.780. The lowest BCUT2D eigenvalue weighted by atomic mass is 10.1. The molecule has 0 unspecified atom stereocenters. The first-order chi connectivity index (χ1) is 9.46. The van der Waals surface area contributed by atoms with Gasteiger partial charge in [-0.15, -0.1) is 11.6 Å². The predicted molar refractivity (Wildman–Crippen MR) is 79.8 cm³/mol. The molecule has 0 aromatic heterocycles. The Morgan fingerprint density at radius 3 is 2.25 bits per heavy atom. The van der Waals surface area contributed by atoms with E-state index in [9.17, 15) is 13.2 Å². The highest BCUT2D eigenvalue weighted by molar-refractivity contribution is 7.91. The van der Waals surface area contributed by atoms with E-state index in [1.165, 1.54) is 19.3 Å². The number of rotatable bonds is 3. The fourth-order valence-electron chi connectivity index (χ4n) is 2.86. The molecule has 2 fully saturated rings. The molecule has 2 saturated heterocycles. The molecule has 0 aromatic rings. The molecule has 2 aliphatic heterocycles. The van der Waals surface area contributed by atoms with Crippen molar-refractivity contribution in [1.82, 2.24) is 10.2 Å². The molecule has 2 heterocycles. The van der Waals surface area contributed by atoms with Crippen LogP contribution >= 0.6 is 11.6 Å². The van der Waals surface area contributed by atoms with Crippen molar-refractivity contribution in [2.24, 2.45) is 0 Å². The Labute approximate surface area is 126 Å². The van der Waals surface area contributed by atoms with E-state index in [0.29, 0.717) is 6.54 Å². The van der Waals surface area contributed by atoms with Crippen molar-refractivity contribution >= 4 is 27.3 Å². The maximum absolute atomic E-state index is 12.0. The maximum atomic E-state index is 12.0. The zero-order chi connectivity index (χ0) is 14.6. The second-order valence-electron chi connectivity index (χ2n) is 5.81. The van der Waals surface area contributed by atoms with Crippen molar-refractivity contribution in [3.63, 3.8) is 0 Å². The second kappa shape index (κ2) is 7.09. The molecule has 2 atom stereocenters. The van der Waals surface area contributed by atoms with Gasteiger partial charge in [-0.3, -0.25) is 9.69 Å². The molecule has 0 radical (unpaired) electrons. The van der Waals surface area contributed by atoms with Crippen molar-refractivity contribution in [2.75, 3.05) is 31.1 Å². The second-order valence-corrected chi connectivity index (χ2v) is 8.53. The first-order valence-electron chi connectivity index (χ1n) is 7.32. The highest BCUT2D eigenvalue weighted by Crippen LogP contribution is 2.18. The lowest BCUT2D eigenvalue weighted by Gasteiger charge is -2.24. The number of nitrogens with zero attached hydrogens (tertiary/aromatic N) is 1. The number of hydrogen-bond acceptors (Lipinski definition) is 4. The summed E-state index contributed by atoms with van der Waals surface area (Å²) in [7, 11) is -3.09. The summed E-state index contributed by atoms with van der Waals surface area (Å²) in [4.78, 5) is 14.2. The van der Waals surface area contributed by atoms with Crippen molar-refractivity contribution in [2.45, 2.75) is 43.5 Å². The number of carbonyl (C=O) groups is 1. The number of halogens is 1. The Bertz CT molecular complexity index is 433. The Kier molecular flexibility index (Phi) is 5.69. The lowest BCUT2D eigenvalue weighted by Crippen LogP contribution is -2.46. The molecule has 0 bridgehead atoms. The van der Waals surface area contributed by atoms with Gasteiger partial charge in [0.15, 0.2) is 9.84 Å². The molecule has 2 rings (SSSR count). The maximum Gasteiger partial charge on any atom is 0.234 e. The first-order valence-corrected chi connectivity index (χ1v) is 9.58. The van der Waals surface area contributed by atoms with Crippen LogP contribution in [0.5, 0.6) is 0 Å². The first kappa shape index (κ1) is 16.0. The van der Waals surface area contributed by atoms with Crippen LogP contribution in [-0.2, 0) is 14.6 Å². The number of alkyl halides is 1. The SMILES string of the molecule is O=C(CN1CCCCCCC1)N[C@@H]1CS(=O)(=O)C[C@H]1Cl. The number of amides is 1. The minimum absolute atomic E-state index is 0.0348. The molecular formula is C13H23ClN2O3S. The fraction of sp³-hybridized carbons (Fsp3) is 0.923. The molecule has 1 amide bonds. The molecule has 0 aromatic carbocycles. The minimum atomic E-state index is -3.09. The normalized spacial score (nSPS) is 31.4. The largest absolute Gasteiger partial charge is 0.350 e. The molecule has 1 N–H and O–H groups in total. The Balaban J connectivity index is 1.79. The number of nitrogens with one attached hydrogen (secondary N) is 1. The summed E-state index contributed by atoms with van der Waals surface area (Å²) in [5.41, 5.74) is 0. The molecule has 0 aliphatic carbocycles. The molecule has 0 spiro atoms. The predicted octanol–water partition coefficient (Wildman–Crippen LogP) is 0.773. The van der Waals surface area contributed by atoms with E-state index in [1.807, 2.05) is 0 Å².